The Balaban J connectivity index is 2.65. The minimum atomic E-state index is -0.310. The second-order valence-electron chi connectivity index (χ2n) is 3.26. The normalized spacial score (nSPS) is 10.1. The molecule has 0 aliphatic heterocycles. The van der Waals surface area contributed by atoms with Crippen molar-refractivity contribution in [2.24, 2.45) is 0 Å². The van der Waals surface area contributed by atoms with Gasteiger partial charge >= 0.3 is 0 Å². The van der Waals surface area contributed by atoms with Gasteiger partial charge in [-0.05, 0) is 25.1 Å². The highest BCUT2D eigenvalue weighted by atomic mass is 19.1. The van der Waals surface area contributed by atoms with Crippen LogP contribution in [0.25, 0.3) is 0 Å². The van der Waals surface area contributed by atoms with Crippen molar-refractivity contribution in [3.05, 3.63) is 29.6 Å². The lowest BCUT2D eigenvalue weighted by Gasteiger charge is -2.08. The van der Waals surface area contributed by atoms with Crippen LogP contribution in [0, 0.1) is 5.82 Å². The summed E-state index contributed by atoms with van der Waals surface area (Å²) in [4.78, 5) is 10.7. The monoisotopic (exact) mass is 211 g/mol. The molecule has 0 bridgehead atoms. The first-order valence-corrected chi connectivity index (χ1v) is 4.66. The van der Waals surface area contributed by atoms with Crippen LogP contribution in [0.2, 0.25) is 0 Å². The first-order valence-electron chi connectivity index (χ1n) is 4.66. The van der Waals surface area contributed by atoms with Crippen molar-refractivity contribution in [3.63, 3.8) is 0 Å². The molecule has 0 aliphatic rings. The van der Waals surface area contributed by atoms with Gasteiger partial charge in [0.25, 0.3) is 0 Å². The summed E-state index contributed by atoms with van der Waals surface area (Å²) in [6.45, 7) is 2.19. The molecular formula is C11H14FNO2. The van der Waals surface area contributed by atoms with Crippen LogP contribution < -0.4 is 10.1 Å². The van der Waals surface area contributed by atoms with Crippen molar-refractivity contribution in [2.45, 2.75) is 13.5 Å². The van der Waals surface area contributed by atoms with Gasteiger partial charge in [0.15, 0.2) is 0 Å². The van der Waals surface area contributed by atoms with Crippen molar-refractivity contribution in [2.75, 3.05) is 13.7 Å². The lowest BCUT2D eigenvalue weighted by atomic mass is 10.2. The molecule has 4 heteroatoms. The SMILES string of the molecule is COc1ccc(F)cc1CNCC(C)=O. The standard InChI is InChI=1S/C11H14FNO2/c1-8(14)6-13-7-9-5-10(12)3-4-11(9)15-2/h3-5,13H,6-7H2,1-2H3. The molecule has 0 atom stereocenters. The maximum atomic E-state index is 12.9. The van der Waals surface area contributed by atoms with E-state index < -0.39 is 0 Å². The Bertz CT molecular complexity index is 352. The molecule has 0 aliphatic carbocycles. The molecule has 82 valence electrons. The topological polar surface area (TPSA) is 38.3 Å². The zero-order valence-electron chi connectivity index (χ0n) is 8.84. The summed E-state index contributed by atoms with van der Waals surface area (Å²) >= 11 is 0. The number of hydrogen-bond donors (Lipinski definition) is 1. The largest absolute Gasteiger partial charge is 0.496 e. The van der Waals surface area contributed by atoms with Gasteiger partial charge in [0.1, 0.15) is 17.3 Å². The van der Waals surface area contributed by atoms with E-state index in [4.69, 9.17) is 4.74 Å². The van der Waals surface area contributed by atoms with Gasteiger partial charge in [0.2, 0.25) is 0 Å². The predicted octanol–water partition coefficient (Wildman–Crippen LogP) is 1.51. The number of carbonyl (C=O) groups is 1. The molecule has 0 saturated heterocycles. The van der Waals surface area contributed by atoms with Gasteiger partial charge in [-0.2, -0.15) is 0 Å². The smallest absolute Gasteiger partial charge is 0.143 e. The van der Waals surface area contributed by atoms with E-state index in [1.165, 1.54) is 26.2 Å². The van der Waals surface area contributed by atoms with Gasteiger partial charge in [-0.3, -0.25) is 4.79 Å². The molecule has 3 nitrogen and oxygen atoms in total. The molecule has 1 aromatic carbocycles. The molecule has 1 rings (SSSR count). The summed E-state index contributed by atoms with van der Waals surface area (Å²) in [5.74, 6) is 0.355. The molecule has 0 fully saturated rings. The van der Waals surface area contributed by atoms with Crippen LogP contribution in [-0.2, 0) is 11.3 Å². The minimum Gasteiger partial charge on any atom is -0.496 e. The maximum Gasteiger partial charge on any atom is 0.143 e. The Morgan fingerprint density at radius 2 is 2.27 bits per heavy atom. The van der Waals surface area contributed by atoms with Gasteiger partial charge < -0.3 is 10.1 Å². The van der Waals surface area contributed by atoms with Gasteiger partial charge in [0, 0.05) is 12.1 Å². The van der Waals surface area contributed by atoms with E-state index in [2.05, 4.69) is 5.32 Å². The quantitative estimate of drug-likeness (QED) is 0.802. The number of nitrogens with one attached hydrogen (secondary N) is 1. The minimum absolute atomic E-state index is 0.0466. The number of halogens is 1. The van der Waals surface area contributed by atoms with E-state index in [-0.39, 0.29) is 18.1 Å². The maximum absolute atomic E-state index is 12.9. The number of Topliss-reactive ketones (excluding diaryl/α,β-unsaturated/α-hetero) is 1. The second-order valence-corrected chi connectivity index (χ2v) is 3.26. The first kappa shape index (κ1) is 11.7. The first-order chi connectivity index (χ1) is 7.13. The second kappa shape index (κ2) is 5.46. The number of carbonyl (C=O) groups excluding carboxylic acids is 1. The molecule has 0 heterocycles. The number of rotatable bonds is 5. The lowest BCUT2D eigenvalue weighted by Crippen LogP contribution is -2.20. The van der Waals surface area contributed by atoms with Crippen molar-refractivity contribution in [1.82, 2.24) is 5.32 Å². The summed E-state index contributed by atoms with van der Waals surface area (Å²) in [6.07, 6.45) is 0. The van der Waals surface area contributed by atoms with Crippen molar-refractivity contribution in [1.29, 1.82) is 0 Å². The number of methoxy groups -OCH3 is 1. The molecule has 15 heavy (non-hydrogen) atoms. The van der Waals surface area contributed by atoms with Crippen LogP contribution in [0.3, 0.4) is 0 Å². The highest BCUT2D eigenvalue weighted by molar-refractivity contribution is 5.77. The van der Waals surface area contributed by atoms with Crippen LogP contribution >= 0.6 is 0 Å². The Hall–Kier alpha value is -1.42. The Morgan fingerprint density at radius 3 is 2.87 bits per heavy atom. The zero-order valence-corrected chi connectivity index (χ0v) is 8.84. The number of benzene rings is 1. The molecule has 0 amide bonds. The van der Waals surface area contributed by atoms with Crippen molar-refractivity contribution in [3.8, 4) is 5.75 Å². The average Bonchev–Trinajstić information content (AvgIpc) is 2.17. The van der Waals surface area contributed by atoms with Crippen LogP contribution in [0.15, 0.2) is 18.2 Å². The van der Waals surface area contributed by atoms with Gasteiger partial charge in [-0.15, -0.1) is 0 Å². The van der Waals surface area contributed by atoms with Crippen LogP contribution in [-0.4, -0.2) is 19.4 Å². The summed E-state index contributed by atoms with van der Waals surface area (Å²) in [6, 6.07) is 4.30. The Kier molecular flexibility index (Phi) is 4.24. The fraction of sp³-hybridized carbons (Fsp3) is 0.364. The Morgan fingerprint density at radius 1 is 1.53 bits per heavy atom. The summed E-state index contributed by atoms with van der Waals surface area (Å²) in [5.41, 5.74) is 0.707. The third kappa shape index (κ3) is 3.67. The van der Waals surface area contributed by atoms with E-state index >= 15 is 0 Å². The summed E-state index contributed by atoms with van der Waals surface area (Å²) in [7, 11) is 1.53. The molecule has 1 aromatic rings. The molecule has 0 radical (unpaired) electrons. The fourth-order valence-electron chi connectivity index (χ4n) is 1.26. The van der Waals surface area contributed by atoms with Crippen LogP contribution in [0.4, 0.5) is 4.39 Å². The average molecular weight is 211 g/mol. The molecule has 0 saturated carbocycles. The Labute approximate surface area is 88.2 Å². The third-order valence-corrected chi connectivity index (χ3v) is 1.93. The number of ether oxygens (including phenoxy) is 1. The van der Waals surface area contributed by atoms with Crippen LogP contribution in [0.5, 0.6) is 5.75 Å². The van der Waals surface area contributed by atoms with E-state index in [1.54, 1.807) is 6.07 Å². The van der Waals surface area contributed by atoms with Crippen LogP contribution in [0.1, 0.15) is 12.5 Å². The predicted molar refractivity (Wildman–Crippen MR) is 55.3 cm³/mol. The molecule has 0 unspecified atom stereocenters. The van der Waals surface area contributed by atoms with Gasteiger partial charge in [-0.25, -0.2) is 4.39 Å². The summed E-state index contributed by atoms with van der Waals surface area (Å²) < 4.78 is 18.0. The van der Waals surface area contributed by atoms with E-state index in [9.17, 15) is 9.18 Å². The van der Waals surface area contributed by atoms with E-state index in [0.717, 1.165) is 0 Å². The third-order valence-electron chi connectivity index (χ3n) is 1.93. The molecular weight excluding hydrogens is 197 g/mol. The summed E-state index contributed by atoms with van der Waals surface area (Å²) in [5, 5.41) is 2.91. The van der Waals surface area contributed by atoms with E-state index in [1.807, 2.05) is 0 Å². The van der Waals surface area contributed by atoms with Crippen molar-refractivity contribution < 1.29 is 13.9 Å². The highest BCUT2D eigenvalue weighted by Gasteiger charge is 2.04. The lowest BCUT2D eigenvalue weighted by molar-refractivity contribution is -0.116. The number of ketones is 1. The number of hydrogen-bond acceptors (Lipinski definition) is 3. The molecule has 0 spiro atoms. The van der Waals surface area contributed by atoms with E-state index in [0.29, 0.717) is 17.9 Å². The van der Waals surface area contributed by atoms with Gasteiger partial charge in [-0.1, -0.05) is 0 Å². The highest BCUT2D eigenvalue weighted by Crippen LogP contribution is 2.18. The molecule has 0 aromatic heterocycles. The van der Waals surface area contributed by atoms with Crippen molar-refractivity contribution >= 4 is 5.78 Å². The zero-order chi connectivity index (χ0) is 11.3. The fourth-order valence-corrected chi connectivity index (χ4v) is 1.26. The molecule has 1 N–H and O–H groups in total. The van der Waals surface area contributed by atoms with Gasteiger partial charge in [0.05, 0.1) is 13.7 Å².